The van der Waals surface area contributed by atoms with Crippen LogP contribution in [0.3, 0.4) is 0 Å². The highest BCUT2D eigenvalue weighted by molar-refractivity contribution is 9.10. The molecule has 1 aromatic heterocycles. The van der Waals surface area contributed by atoms with E-state index in [0.29, 0.717) is 11.8 Å². The fraction of sp³-hybridized carbons (Fsp3) is 0.333. The van der Waals surface area contributed by atoms with Crippen molar-refractivity contribution in [2.45, 2.75) is 19.9 Å². The lowest BCUT2D eigenvalue weighted by molar-refractivity contribution is 0.393. The topological polar surface area (TPSA) is 38.2 Å². The lowest BCUT2D eigenvalue weighted by atomic mass is 10.2. The van der Waals surface area contributed by atoms with E-state index in [9.17, 15) is 0 Å². The van der Waals surface area contributed by atoms with Crippen molar-refractivity contribution < 1.29 is 4.74 Å². The Morgan fingerprint density at radius 1 is 1.25 bits per heavy atom. The summed E-state index contributed by atoms with van der Waals surface area (Å²) >= 11 is 3.38. The molecule has 0 atom stereocenters. The van der Waals surface area contributed by atoms with Gasteiger partial charge in [0.15, 0.2) is 0 Å². The van der Waals surface area contributed by atoms with Gasteiger partial charge in [0.2, 0.25) is 11.8 Å². The largest absolute Gasteiger partial charge is 0.480 e. The van der Waals surface area contributed by atoms with Crippen LogP contribution in [-0.4, -0.2) is 23.6 Å². The first kappa shape index (κ1) is 14.8. The van der Waals surface area contributed by atoms with E-state index in [1.807, 2.05) is 18.2 Å². The Morgan fingerprint density at radius 2 is 2.00 bits per heavy atom. The lowest BCUT2D eigenvalue weighted by Crippen LogP contribution is -2.25. The number of halogens is 1. The molecule has 4 nitrogen and oxygen atoms in total. The normalized spacial score (nSPS) is 10.3. The third kappa shape index (κ3) is 3.70. The molecule has 20 heavy (non-hydrogen) atoms. The van der Waals surface area contributed by atoms with Gasteiger partial charge in [0.1, 0.15) is 0 Å². The molecule has 0 aliphatic heterocycles. The van der Waals surface area contributed by atoms with Crippen LogP contribution < -0.4 is 9.64 Å². The maximum absolute atomic E-state index is 5.24. The minimum atomic E-state index is 0.559. The number of anilines is 1. The van der Waals surface area contributed by atoms with Gasteiger partial charge in [-0.05, 0) is 27.9 Å². The zero-order chi connectivity index (χ0) is 14.4. The third-order valence-electron chi connectivity index (χ3n) is 2.89. The Morgan fingerprint density at radius 3 is 2.65 bits per heavy atom. The SMILES string of the molecule is CCCN(Cc1ccccc1)c1ncc(Br)c(OC)n1. The lowest BCUT2D eigenvalue weighted by Gasteiger charge is -2.22. The number of aromatic nitrogens is 2. The molecule has 0 bridgehead atoms. The average molecular weight is 336 g/mol. The second-order valence-corrected chi connectivity index (χ2v) is 5.29. The molecule has 0 saturated carbocycles. The van der Waals surface area contributed by atoms with E-state index in [2.05, 4.69) is 49.9 Å². The van der Waals surface area contributed by atoms with Crippen molar-refractivity contribution in [1.29, 1.82) is 0 Å². The van der Waals surface area contributed by atoms with Crippen LogP contribution in [0, 0.1) is 0 Å². The quantitative estimate of drug-likeness (QED) is 0.807. The summed E-state index contributed by atoms with van der Waals surface area (Å²) < 4.78 is 6.00. The molecule has 0 amide bonds. The molecule has 0 spiro atoms. The summed E-state index contributed by atoms with van der Waals surface area (Å²) in [7, 11) is 1.61. The van der Waals surface area contributed by atoms with Crippen molar-refractivity contribution in [3.05, 3.63) is 46.6 Å². The first-order chi connectivity index (χ1) is 9.74. The first-order valence-corrected chi connectivity index (χ1v) is 7.39. The molecule has 0 saturated heterocycles. The molecule has 0 aliphatic rings. The van der Waals surface area contributed by atoms with Crippen LogP contribution in [0.1, 0.15) is 18.9 Å². The second kappa shape index (κ2) is 7.24. The predicted octanol–water partition coefficient (Wildman–Crippen LogP) is 3.66. The van der Waals surface area contributed by atoms with Crippen LogP contribution in [0.5, 0.6) is 5.88 Å². The number of rotatable bonds is 6. The Hall–Kier alpha value is -1.62. The summed E-state index contributed by atoms with van der Waals surface area (Å²) in [5, 5.41) is 0. The summed E-state index contributed by atoms with van der Waals surface area (Å²) in [6.45, 7) is 3.84. The number of hydrogen-bond acceptors (Lipinski definition) is 4. The van der Waals surface area contributed by atoms with Crippen LogP contribution in [-0.2, 0) is 6.54 Å². The molecule has 5 heteroatoms. The van der Waals surface area contributed by atoms with Crippen LogP contribution in [0.4, 0.5) is 5.95 Å². The number of ether oxygens (including phenoxy) is 1. The molecule has 0 unspecified atom stereocenters. The molecular formula is C15H18BrN3O. The zero-order valence-corrected chi connectivity index (χ0v) is 13.3. The fourth-order valence-corrected chi connectivity index (χ4v) is 2.31. The Labute approximate surface area is 127 Å². The predicted molar refractivity (Wildman–Crippen MR) is 84.1 cm³/mol. The van der Waals surface area contributed by atoms with Gasteiger partial charge in [0.05, 0.1) is 17.8 Å². The summed E-state index contributed by atoms with van der Waals surface area (Å²) in [4.78, 5) is 11.0. The van der Waals surface area contributed by atoms with Crippen molar-refractivity contribution in [3.63, 3.8) is 0 Å². The molecule has 0 aliphatic carbocycles. The van der Waals surface area contributed by atoms with Gasteiger partial charge in [0, 0.05) is 13.1 Å². The van der Waals surface area contributed by atoms with Crippen LogP contribution >= 0.6 is 15.9 Å². The molecule has 0 fully saturated rings. The highest BCUT2D eigenvalue weighted by Crippen LogP contribution is 2.24. The van der Waals surface area contributed by atoms with Crippen molar-refractivity contribution in [2.75, 3.05) is 18.6 Å². The van der Waals surface area contributed by atoms with Crippen molar-refractivity contribution >= 4 is 21.9 Å². The van der Waals surface area contributed by atoms with Crippen LogP contribution in [0.15, 0.2) is 41.0 Å². The van der Waals surface area contributed by atoms with Gasteiger partial charge in [-0.3, -0.25) is 0 Å². The third-order valence-corrected chi connectivity index (χ3v) is 3.43. The molecular weight excluding hydrogens is 318 g/mol. The number of hydrogen-bond donors (Lipinski definition) is 0. The summed E-state index contributed by atoms with van der Waals surface area (Å²) in [5.74, 6) is 1.25. The number of methoxy groups -OCH3 is 1. The molecule has 2 rings (SSSR count). The van der Waals surface area contributed by atoms with Crippen LogP contribution in [0.2, 0.25) is 0 Å². The highest BCUT2D eigenvalue weighted by atomic mass is 79.9. The van der Waals surface area contributed by atoms with Crippen molar-refractivity contribution in [1.82, 2.24) is 9.97 Å². The summed E-state index contributed by atoms with van der Waals surface area (Å²) in [6, 6.07) is 10.3. The first-order valence-electron chi connectivity index (χ1n) is 6.60. The average Bonchev–Trinajstić information content (AvgIpc) is 2.48. The van der Waals surface area contributed by atoms with E-state index in [-0.39, 0.29) is 0 Å². The minimum Gasteiger partial charge on any atom is -0.480 e. The smallest absolute Gasteiger partial charge is 0.232 e. The van der Waals surface area contributed by atoms with E-state index >= 15 is 0 Å². The minimum absolute atomic E-state index is 0.559. The zero-order valence-electron chi connectivity index (χ0n) is 11.7. The maximum atomic E-state index is 5.24. The van der Waals surface area contributed by atoms with Crippen LogP contribution in [0.25, 0.3) is 0 Å². The Balaban J connectivity index is 2.24. The Bertz CT molecular complexity index is 548. The van der Waals surface area contributed by atoms with Gasteiger partial charge in [-0.1, -0.05) is 37.3 Å². The van der Waals surface area contributed by atoms with E-state index < -0.39 is 0 Å². The van der Waals surface area contributed by atoms with E-state index in [0.717, 1.165) is 24.0 Å². The molecule has 2 aromatic rings. The fourth-order valence-electron chi connectivity index (χ4n) is 1.96. The molecule has 1 aromatic carbocycles. The van der Waals surface area contributed by atoms with E-state index in [4.69, 9.17) is 4.74 Å². The summed E-state index contributed by atoms with van der Waals surface area (Å²) in [5.41, 5.74) is 1.24. The van der Waals surface area contributed by atoms with Gasteiger partial charge in [-0.25, -0.2) is 4.98 Å². The number of nitrogens with zero attached hydrogens (tertiary/aromatic N) is 3. The Kier molecular flexibility index (Phi) is 5.35. The molecule has 106 valence electrons. The van der Waals surface area contributed by atoms with Gasteiger partial charge in [-0.2, -0.15) is 4.98 Å². The van der Waals surface area contributed by atoms with Gasteiger partial charge in [0.25, 0.3) is 0 Å². The van der Waals surface area contributed by atoms with Gasteiger partial charge >= 0.3 is 0 Å². The monoisotopic (exact) mass is 335 g/mol. The molecule has 1 heterocycles. The highest BCUT2D eigenvalue weighted by Gasteiger charge is 2.12. The number of benzene rings is 1. The van der Waals surface area contributed by atoms with E-state index in [1.54, 1.807) is 13.3 Å². The van der Waals surface area contributed by atoms with Gasteiger partial charge in [-0.15, -0.1) is 0 Å². The summed E-state index contributed by atoms with van der Waals surface area (Å²) in [6.07, 6.45) is 2.77. The standard InChI is InChI=1S/C15H18BrN3O/c1-3-9-19(11-12-7-5-4-6-8-12)15-17-10-13(16)14(18-15)20-2/h4-8,10H,3,9,11H2,1-2H3. The van der Waals surface area contributed by atoms with E-state index in [1.165, 1.54) is 5.56 Å². The van der Waals surface area contributed by atoms with Gasteiger partial charge < -0.3 is 9.64 Å². The maximum Gasteiger partial charge on any atom is 0.232 e. The van der Waals surface area contributed by atoms with Crippen molar-refractivity contribution in [2.24, 2.45) is 0 Å². The molecule has 0 radical (unpaired) electrons. The van der Waals surface area contributed by atoms with Crippen molar-refractivity contribution in [3.8, 4) is 5.88 Å². The molecule has 0 N–H and O–H groups in total. The second-order valence-electron chi connectivity index (χ2n) is 4.43.